The number of sulfone groups is 1. The molecule has 0 unspecified atom stereocenters. The van der Waals surface area contributed by atoms with Crippen LogP contribution in [-0.4, -0.2) is 13.3 Å². The lowest BCUT2D eigenvalue weighted by Gasteiger charge is -1.94. The van der Waals surface area contributed by atoms with E-state index in [0.29, 0.717) is 12.0 Å². The molecule has 0 heterocycles. The molecular weight excluding hydrogens is 326 g/mol. The van der Waals surface area contributed by atoms with Crippen LogP contribution in [0.25, 0.3) is 0 Å². The van der Waals surface area contributed by atoms with Crippen LogP contribution in [0.4, 0.5) is 5.69 Å². The zero-order valence-corrected chi connectivity index (χ0v) is 13.4. The van der Waals surface area contributed by atoms with Crippen LogP contribution in [-0.2, 0) is 22.7 Å². The third-order valence-corrected chi connectivity index (χ3v) is 3.81. The summed E-state index contributed by atoms with van der Waals surface area (Å²) >= 11 is 0. The first-order valence-electron chi connectivity index (χ1n) is 6.98. The molecule has 0 radical (unpaired) electrons. The monoisotopic (exact) mass is 339 g/mol. The number of rotatable bonds is 3. The highest BCUT2D eigenvalue weighted by molar-refractivity contribution is 8.00. The molecule has 0 amide bonds. The van der Waals surface area contributed by atoms with Crippen molar-refractivity contribution in [2.45, 2.75) is 12.8 Å². The van der Waals surface area contributed by atoms with Crippen molar-refractivity contribution < 1.29 is 13.3 Å². The molecule has 0 fully saturated rings. The second-order valence-corrected chi connectivity index (χ2v) is 6.24. The van der Waals surface area contributed by atoms with Gasteiger partial charge in [0, 0.05) is 35.5 Å². The fourth-order valence-corrected chi connectivity index (χ4v) is 2.40. The molecule has 0 aromatic heterocycles. The Kier molecular flexibility index (Phi) is 5.73. The van der Waals surface area contributed by atoms with Crippen LogP contribution in [0.2, 0.25) is 0 Å². The minimum Gasteiger partial charge on any atom is -0.258 e. The van der Waals surface area contributed by atoms with Crippen molar-refractivity contribution in [1.29, 1.82) is 0 Å². The number of nitro groups is 1. The summed E-state index contributed by atoms with van der Waals surface area (Å²) in [6.45, 7) is 0. The van der Waals surface area contributed by atoms with Crippen LogP contribution in [0.15, 0.2) is 54.6 Å². The topological polar surface area (TPSA) is 77.3 Å². The van der Waals surface area contributed by atoms with E-state index >= 15 is 0 Å². The van der Waals surface area contributed by atoms with E-state index < -0.39 is 14.8 Å². The number of non-ortho nitro benzene ring substituents is 1. The van der Waals surface area contributed by atoms with E-state index in [0.717, 1.165) is 5.56 Å². The van der Waals surface area contributed by atoms with Gasteiger partial charge in [0.05, 0.1) is 4.92 Å². The van der Waals surface area contributed by atoms with E-state index in [2.05, 4.69) is 22.3 Å². The van der Waals surface area contributed by atoms with Gasteiger partial charge < -0.3 is 0 Å². The smallest absolute Gasteiger partial charge is 0.258 e. The average Bonchev–Trinajstić information content (AvgIpc) is 2.56. The van der Waals surface area contributed by atoms with Gasteiger partial charge in [-0.15, -0.1) is 0 Å². The maximum atomic E-state index is 11.7. The normalized spacial score (nSPS) is 10.0. The Hall–Kier alpha value is -3.09. The Balaban J connectivity index is 1.97. The average molecular weight is 339 g/mol. The van der Waals surface area contributed by atoms with Crippen molar-refractivity contribution in [3.05, 3.63) is 75.8 Å². The quantitative estimate of drug-likeness (QED) is 0.373. The minimum atomic E-state index is -3.77. The number of benzene rings is 2. The molecule has 120 valence electrons. The van der Waals surface area contributed by atoms with E-state index in [1.54, 1.807) is 12.1 Å². The molecule has 2 rings (SSSR count). The SMILES string of the molecule is O=[N+]([O-])c1ccc(CC#CS(=O)(=O)C#CCc2ccccc2)cc1. The van der Waals surface area contributed by atoms with Crippen LogP contribution >= 0.6 is 0 Å². The van der Waals surface area contributed by atoms with Crippen molar-refractivity contribution >= 4 is 15.5 Å². The molecule has 0 aliphatic heterocycles. The Morgan fingerprint density at radius 2 is 1.33 bits per heavy atom. The van der Waals surface area contributed by atoms with Gasteiger partial charge in [0.25, 0.3) is 15.5 Å². The summed E-state index contributed by atoms with van der Waals surface area (Å²) in [4.78, 5) is 10.0. The zero-order chi connectivity index (χ0) is 17.4. The second-order valence-electron chi connectivity index (χ2n) is 4.82. The van der Waals surface area contributed by atoms with E-state index in [4.69, 9.17) is 0 Å². The van der Waals surface area contributed by atoms with Gasteiger partial charge in [-0.05, 0) is 11.1 Å². The van der Waals surface area contributed by atoms with E-state index in [1.807, 2.05) is 30.3 Å². The Morgan fingerprint density at radius 3 is 1.83 bits per heavy atom. The number of nitro benzene ring substituents is 1. The molecule has 24 heavy (non-hydrogen) atoms. The van der Waals surface area contributed by atoms with Crippen molar-refractivity contribution in [2.24, 2.45) is 0 Å². The summed E-state index contributed by atoms with van der Waals surface area (Å²) in [6.07, 6.45) is 0.516. The van der Waals surface area contributed by atoms with Gasteiger partial charge in [-0.2, -0.15) is 0 Å². The third-order valence-electron chi connectivity index (χ3n) is 2.99. The predicted molar refractivity (Wildman–Crippen MR) is 91.4 cm³/mol. The Labute approximate surface area is 140 Å². The van der Waals surface area contributed by atoms with Crippen molar-refractivity contribution in [3.8, 4) is 22.3 Å². The predicted octanol–water partition coefficient (Wildman–Crippen LogP) is 2.72. The third kappa shape index (κ3) is 5.60. The number of nitrogens with zero attached hydrogens (tertiary/aromatic N) is 1. The summed E-state index contributed by atoms with van der Waals surface area (Å²) < 4.78 is 23.4. The minimum absolute atomic E-state index is 0.0221. The van der Waals surface area contributed by atoms with Gasteiger partial charge in [0.2, 0.25) is 0 Å². The first-order valence-corrected chi connectivity index (χ1v) is 8.46. The molecule has 0 saturated heterocycles. The number of hydrogen-bond acceptors (Lipinski definition) is 4. The van der Waals surface area contributed by atoms with Gasteiger partial charge >= 0.3 is 0 Å². The molecule has 2 aromatic rings. The van der Waals surface area contributed by atoms with E-state index in [-0.39, 0.29) is 12.1 Å². The standard InChI is InChI=1S/C18H13NO4S/c20-19(21)18-12-10-17(11-13-18)9-5-15-24(22,23)14-4-8-16-6-2-1-3-7-16/h1-3,6-7,10-13H,8-9H2. The van der Waals surface area contributed by atoms with E-state index in [9.17, 15) is 18.5 Å². The molecule has 0 spiro atoms. The van der Waals surface area contributed by atoms with Gasteiger partial charge in [0.15, 0.2) is 0 Å². The van der Waals surface area contributed by atoms with E-state index in [1.165, 1.54) is 12.1 Å². The molecule has 0 aliphatic rings. The second kappa shape index (κ2) is 7.96. The summed E-state index contributed by atoms with van der Waals surface area (Å²) in [5.41, 5.74) is 1.60. The van der Waals surface area contributed by atoms with Crippen LogP contribution in [0.1, 0.15) is 11.1 Å². The number of hydrogen-bond donors (Lipinski definition) is 0. The fraction of sp³-hybridized carbons (Fsp3) is 0.111. The molecule has 5 nitrogen and oxygen atoms in total. The molecule has 2 aromatic carbocycles. The maximum absolute atomic E-state index is 11.7. The Morgan fingerprint density at radius 1 is 0.833 bits per heavy atom. The van der Waals surface area contributed by atoms with Crippen molar-refractivity contribution in [2.75, 3.05) is 0 Å². The largest absolute Gasteiger partial charge is 0.284 e. The maximum Gasteiger partial charge on any atom is 0.284 e. The van der Waals surface area contributed by atoms with Crippen LogP contribution in [0, 0.1) is 32.5 Å². The molecule has 0 aliphatic carbocycles. The lowest BCUT2D eigenvalue weighted by atomic mass is 10.1. The van der Waals surface area contributed by atoms with Crippen LogP contribution in [0.5, 0.6) is 0 Å². The first kappa shape index (κ1) is 17.3. The summed E-state index contributed by atoms with van der Waals surface area (Å²) in [7, 11) is -3.77. The van der Waals surface area contributed by atoms with Crippen LogP contribution in [0.3, 0.4) is 0 Å². The zero-order valence-electron chi connectivity index (χ0n) is 12.6. The van der Waals surface area contributed by atoms with Crippen molar-refractivity contribution in [3.63, 3.8) is 0 Å². The summed E-state index contributed by atoms with van der Waals surface area (Å²) in [6, 6.07) is 15.1. The molecule has 0 bridgehead atoms. The van der Waals surface area contributed by atoms with Gasteiger partial charge in [-0.25, -0.2) is 8.42 Å². The van der Waals surface area contributed by atoms with Gasteiger partial charge in [-0.1, -0.05) is 54.3 Å². The molecule has 0 N–H and O–H groups in total. The van der Waals surface area contributed by atoms with Gasteiger partial charge in [0.1, 0.15) is 0 Å². The molecule has 6 heteroatoms. The molecule has 0 saturated carbocycles. The highest BCUT2D eigenvalue weighted by Gasteiger charge is 2.03. The summed E-state index contributed by atoms with van der Waals surface area (Å²) in [5, 5.41) is 14.9. The lowest BCUT2D eigenvalue weighted by Crippen LogP contribution is -1.92. The lowest BCUT2D eigenvalue weighted by molar-refractivity contribution is -0.384. The highest BCUT2D eigenvalue weighted by atomic mass is 32.2. The highest BCUT2D eigenvalue weighted by Crippen LogP contribution is 2.11. The van der Waals surface area contributed by atoms with Gasteiger partial charge in [-0.3, -0.25) is 10.1 Å². The molecular formula is C18H13NO4S. The van der Waals surface area contributed by atoms with Crippen molar-refractivity contribution in [1.82, 2.24) is 0 Å². The fourth-order valence-electron chi connectivity index (χ4n) is 1.82. The summed E-state index contributed by atoms with van der Waals surface area (Å²) in [5.74, 6) is 5.12. The molecule has 0 atom stereocenters. The van der Waals surface area contributed by atoms with Crippen LogP contribution < -0.4 is 0 Å². The first-order chi connectivity index (χ1) is 11.5. The Bertz CT molecular complexity index is 941.